The molecule has 0 aromatic heterocycles. The molecule has 44 valence electrons. The second kappa shape index (κ2) is 10.0. The third-order valence-electron chi connectivity index (χ3n) is 0.352. The molecule has 0 radical (unpaired) electrons. The molecule has 0 saturated heterocycles. The summed E-state index contributed by atoms with van der Waals surface area (Å²) in [6.45, 7) is 1.47. The predicted octanol–water partition coefficient (Wildman–Crippen LogP) is 1.52. The number of amides is 1. The third-order valence-corrected chi connectivity index (χ3v) is 0.352. The summed E-state index contributed by atoms with van der Waals surface area (Å²) < 4.78 is 0. The molecule has 7 heavy (non-hydrogen) atoms. The Morgan fingerprint density at radius 1 is 1.57 bits per heavy atom. The lowest BCUT2D eigenvalue weighted by Crippen LogP contribution is -2.11. The van der Waals surface area contributed by atoms with Crippen LogP contribution in [0, 0.1) is 0 Å². The Hall–Kier alpha value is 0.930. The second-order valence-corrected chi connectivity index (χ2v) is 0.806. The molecule has 0 bridgehead atoms. The van der Waals surface area contributed by atoms with E-state index in [0.717, 1.165) is 0 Å². The lowest BCUT2D eigenvalue weighted by atomic mass is 10.7. The van der Waals surface area contributed by atoms with Crippen molar-refractivity contribution < 1.29 is 4.79 Å². The first-order valence-electron chi connectivity index (χ1n) is 1.60. The monoisotopic (exact) mass is 327 g/mol. The predicted molar refractivity (Wildman–Crippen MR) is 47.8 cm³/mol. The summed E-state index contributed by atoms with van der Waals surface area (Å²) in [7, 11) is 1.60. The third kappa shape index (κ3) is 19.6. The zero-order chi connectivity index (χ0) is 6.28. The Morgan fingerprint density at radius 2 is 1.71 bits per heavy atom. The minimum Gasteiger partial charge on any atom is -0.359 e. The van der Waals surface area contributed by atoms with E-state index in [4.69, 9.17) is 0 Å². The van der Waals surface area contributed by atoms with E-state index in [1.807, 2.05) is 0 Å². The van der Waals surface area contributed by atoms with Gasteiger partial charge in [-0.05, 0) is 0 Å². The summed E-state index contributed by atoms with van der Waals surface area (Å²) in [6.07, 6.45) is 0. The number of carbonyl (C=O) groups excluding carboxylic acids is 1. The highest BCUT2D eigenvalue weighted by Crippen LogP contribution is 1.89. The van der Waals surface area contributed by atoms with Crippen LogP contribution < -0.4 is 5.32 Å². The number of hydrogen-bond acceptors (Lipinski definition) is 1. The van der Waals surface area contributed by atoms with Crippen LogP contribution in [0.5, 0.6) is 0 Å². The quantitative estimate of drug-likeness (QED) is 0.672. The molecule has 0 fully saturated rings. The van der Waals surface area contributed by atoms with Gasteiger partial charge in [0.05, 0.1) is 0 Å². The highest BCUT2D eigenvalue weighted by molar-refractivity contribution is 15.0. The van der Waals surface area contributed by atoms with Crippen molar-refractivity contribution in [3.05, 3.63) is 0 Å². The molecule has 0 saturated carbocycles. The largest absolute Gasteiger partial charge is 0.359 e. The molecule has 0 aromatic carbocycles. The molecular weight excluding hydrogens is 320 g/mol. The van der Waals surface area contributed by atoms with E-state index in [1.165, 1.54) is 6.92 Å². The first-order chi connectivity index (χ1) is 3.27. The Balaban J connectivity index is 0. The summed E-state index contributed by atoms with van der Waals surface area (Å²) in [5.41, 5.74) is 0. The van der Waals surface area contributed by atoms with Crippen LogP contribution in [0.4, 0.5) is 0 Å². The summed E-state index contributed by atoms with van der Waals surface area (Å²) in [6, 6.07) is 0. The summed E-state index contributed by atoms with van der Waals surface area (Å²) >= 11 is 4.24. The van der Waals surface area contributed by atoms with Crippen molar-refractivity contribution in [2.45, 2.75) is 6.92 Å². The summed E-state index contributed by atoms with van der Waals surface area (Å²) in [5.74, 6) is 0.00463. The SMILES string of the molecule is CNC(C)=O.II. The lowest BCUT2D eigenvalue weighted by Gasteiger charge is -1.80. The van der Waals surface area contributed by atoms with E-state index in [2.05, 4.69) is 42.5 Å². The molecule has 2 nitrogen and oxygen atoms in total. The van der Waals surface area contributed by atoms with Gasteiger partial charge in [0.25, 0.3) is 0 Å². The van der Waals surface area contributed by atoms with Crippen LogP contribution in [0.1, 0.15) is 6.92 Å². The van der Waals surface area contributed by atoms with Gasteiger partial charge in [0, 0.05) is 51.2 Å². The molecule has 0 aliphatic carbocycles. The number of carbonyl (C=O) groups is 1. The Labute approximate surface area is 66.7 Å². The van der Waals surface area contributed by atoms with Crippen molar-refractivity contribution in [2.75, 3.05) is 7.05 Å². The average Bonchev–Trinajstić information content (AvgIpc) is 1.73. The molecule has 0 spiro atoms. The van der Waals surface area contributed by atoms with E-state index < -0.39 is 0 Å². The van der Waals surface area contributed by atoms with Crippen molar-refractivity contribution in [3.63, 3.8) is 0 Å². The summed E-state index contributed by atoms with van der Waals surface area (Å²) in [5, 5.41) is 2.39. The van der Waals surface area contributed by atoms with E-state index >= 15 is 0 Å². The number of nitrogens with one attached hydrogen (secondary N) is 1. The zero-order valence-electron chi connectivity index (χ0n) is 4.16. The minimum atomic E-state index is 0.00463. The van der Waals surface area contributed by atoms with Gasteiger partial charge in [-0.3, -0.25) is 4.79 Å². The highest BCUT2D eigenvalue weighted by atomic mass is 128. The molecule has 0 atom stereocenters. The molecule has 0 aliphatic heterocycles. The highest BCUT2D eigenvalue weighted by Gasteiger charge is 1.72. The Kier molecular flexibility index (Phi) is 15.5. The standard InChI is InChI=1S/C3H7NO.I2/c1-3(5)4-2;1-2/h1-2H3,(H,4,5);. The fourth-order valence-electron chi connectivity index (χ4n) is 0. The van der Waals surface area contributed by atoms with Gasteiger partial charge in [0.1, 0.15) is 0 Å². The van der Waals surface area contributed by atoms with Gasteiger partial charge >= 0.3 is 0 Å². The zero-order valence-corrected chi connectivity index (χ0v) is 8.48. The van der Waals surface area contributed by atoms with Crippen LogP contribution in [0.2, 0.25) is 0 Å². The van der Waals surface area contributed by atoms with Gasteiger partial charge in [-0.25, -0.2) is 0 Å². The van der Waals surface area contributed by atoms with Crippen LogP contribution in [0.3, 0.4) is 0 Å². The van der Waals surface area contributed by atoms with Crippen LogP contribution in [-0.2, 0) is 4.79 Å². The van der Waals surface area contributed by atoms with Crippen LogP contribution in [0.15, 0.2) is 0 Å². The molecular formula is C3H7I2NO. The molecule has 0 rings (SSSR count). The van der Waals surface area contributed by atoms with Crippen molar-refractivity contribution in [1.29, 1.82) is 0 Å². The van der Waals surface area contributed by atoms with Crippen LogP contribution in [0.25, 0.3) is 0 Å². The maximum atomic E-state index is 9.70. The van der Waals surface area contributed by atoms with E-state index in [0.29, 0.717) is 0 Å². The Morgan fingerprint density at radius 3 is 1.71 bits per heavy atom. The number of rotatable bonds is 0. The molecule has 0 aliphatic rings. The van der Waals surface area contributed by atoms with E-state index in [9.17, 15) is 4.79 Å². The molecule has 0 heterocycles. The molecule has 0 aromatic rings. The van der Waals surface area contributed by atoms with Gasteiger partial charge in [0.2, 0.25) is 5.91 Å². The van der Waals surface area contributed by atoms with E-state index in [-0.39, 0.29) is 5.91 Å². The van der Waals surface area contributed by atoms with E-state index in [1.54, 1.807) is 7.05 Å². The molecule has 1 N–H and O–H groups in total. The van der Waals surface area contributed by atoms with Crippen molar-refractivity contribution in [3.8, 4) is 0 Å². The minimum absolute atomic E-state index is 0.00463. The number of halogens is 2. The average molecular weight is 327 g/mol. The first kappa shape index (κ1) is 10.8. The maximum Gasteiger partial charge on any atom is 0.216 e. The van der Waals surface area contributed by atoms with Crippen molar-refractivity contribution in [1.82, 2.24) is 5.32 Å². The second-order valence-electron chi connectivity index (χ2n) is 0.806. The summed E-state index contributed by atoms with van der Waals surface area (Å²) in [4.78, 5) is 9.70. The topological polar surface area (TPSA) is 29.1 Å². The molecule has 0 unspecified atom stereocenters. The smallest absolute Gasteiger partial charge is 0.216 e. The van der Waals surface area contributed by atoms with Gasteiger partial charge in [-0.2, -0.15) is 0 Å². The normalized spacial score (nSPS) is 5.71. The van der Waals surface area contributed by atoms with Crippen LogP contribution >= 0.6 is 37.2 Å². The molecule has 4 heteroatoms. The van der Waals surface area contributed by atoms with Gasteiger partial charge in [-0.15, -0.1) is 0 Å². The van der Waals surface area contributed by atoms with Crippen LogP contribution in [-0.4, -0.2) is 13.0 Å². The Bertz CT molecular complexity index is 48.2. The van der Waals surface area contributed by atoms with Gasteiger partial charge < -0.3 is 5.32 Å². The first-order valence-corrected chi connectivity index (χ1v) is 7.88. The van der Waals surface area contributed by atoms with Gasteiger partial charge in [0.15, 0.2) is 0 Å². The fraction of sp³-hybridized carbons (Fsp3) is 0.667. The molecule has 1 amide bonds. The lowest BCUT2D eigenvalue weighted by molar-refractivity contribution is -0.118. The van der Waals surface area contributed by atoms with Crippen molar-refractivity contribution in [2.24, 2.45) is 0 Å². The number of hydrogen-bond donors (Lipinski definition) is 1. The van der Waals surface area contributed by atoms with Crippen molar-refractivity contribution >= 4 is 43.1 Å². The maximum absolute atomic E-state index is 9.70. The van der Waals surface area contributed by atoms with Gasteiger partial charge in [-0.1, -0.05) is 0 Å². The fourth-order valence-corrected chi connectivity index (χ4v) is 0.